The third kappa shape index (κ3) is 3.75. The molecule has 6 nitrogen and oxygen atoms in total. The van der Waals surface area contributed by atoms with Gasteiger partial charge >= 0.3 is 10.1 Å². The van der Waals surface area contributed by atoms with Crippen molar-refractivity contribution in [3.8, 4) is 17.2 Å². The second-order valence-electron chi connectivity index (χ2n) is 4.36. The normalized spacial score (nSPS) is 10.9. The van der Waals surface area contributed by atoms with Crippen molar-refractivity contribution in [2.24, 2.45) is 0 Å². The molecule has 2 rings (SSSR count). The first-order chi connectivity index (χ1) is 10.9. The predicted octanol–water partition coefficient (Wildman–Crippen LogP) is 2.94. The molecule has 0 unspecified atom stereocenters. The molecule has 0 saturated carbocycles. The van der Waals surface area contributed by atoms with E-state index < -0.39 is 10.1 Å². The molecule has 0 aromatic heterocycles. The third-order valence-electron chi connectivity index (χ3n) is 2.91. The lowest BCUT2D eigenvalue weighted by atomic mass is 10.2. The summed E-state index contributed by atoms with van der Waals surface area (Å²) in [4.78, 5) is 10.8. The molecule has 0 radical (unpaired) electrons. The largest absolute Gasteiger partial charge is 0.493 e. The predicted molar refractivity (Wildman–Crippen MR) is 84.2 cm³/mol. The summed E-state index contributed by atoms with van der Waals surface area (Å²) < 4.78 is 40.0. The van der Waals surface area contributed by atoms with Crippen molar-refractivity contribution in [2.75, 3.05) is 14.2 Å². The lowest BCUT2D eigenvalue weighted by Gasteiger charge is -2.14. The molecule has 0 fully saturated rings. The second kappa shape index (κ2) is 6.89. The van der Waals surface area contributed by atoms with E-state index in [-0.39, 0.29) is 27.7 Å². The number of methoxy groups -OCH3 is 2. The van der Waals surface area contributed by atoms with Gasteiger partial charge in [-0.2, -0.15) is 8.42 Å². The number of carbonyl (C=O) groups is 1. The maximum absolute atomic E-state index is 12.4. The van der Waals surface area contributed by atoms with Gasteiger partial charge in [-0.15, -0.1) is 0 Å². The number of hydrogen-bond acceptors (Lipinski definition) is 6. The van der Waals surface area contributed by atoms with E-state index in [4.69, 9.17) is 25.3 Å². The van der Waals surface area contributed by atoms with E-state index in [1.54, 1.807) is 0 Å². The Morgan fingerprint density at radius 3 is 1.96 bits per heavy atom. The summed E-state index contributed by atoms with van der Waals surface area (Å²) in [5.41, 5.74) is 0.259. The van der Waals surface area contributed by atoms with E-state index in [1.807, 2.05) is 0 Å². The van der Waals surface area contributed by atoms with Crippen LogP contribution in [0.1, 0.15) is 10.4 Å². The molecule has 0 spiro atoms. The number of halogens is 1. The van der Waals surface area contributed by atoms with Gasteiger partial charge in [-0.25, -0.2) is 0 Å². The molecule has 122 valence electrons. The van der Waals surface area contributed by atoms with Crippen LogP contribution in [0.5, 0.6) is 17.2 Å². The smallest absolute Gasteiger partial charge is 0.339 e. The number of benzene rings is 2. The molecular formula is C15H13ClO6S. The Morgan fingerprint density at radius 2 is 1.52 bits per heavy atom. The van der Waals surface area contributed by atoms with Crippen LogP contribution in [0, 0.1) is 0 Å². The molecule has 0 heterocycles. The fourth-order valence-electron chi connectivity index (χ4n) is 1.81. The summed E-state index contributed by atoms with van der Waals surface area (Å²) in [6.45, 7) is 0. The molecule has 0 N–H and O–H groups in total. The minimum Gasteiger partial charge on any atom is -0.493 e. The van der Waals surface area contributed by atoms with Crippen molar-refractivity contribution < 1.29 is 26.9 Å². The number of rotatable bonds is 6. The zero-order valence-electron chi connectivity index (χ0n) is 12.3. The van der Waals surface area contributed by atoms with Gasteiger partial charge in [0, 0.05) is 10.6 Å². The zero-order chi connectivity index (χ0) is 17.0. The first kappa shape index (κ1) is 17.1. The summed E-state index contributed by atoms with van der Waals surface area (Å²) >= 11 is 5.74. The van der Waals surface area contributed by atoms with Crippen LogP contribution < -0.4 is 13.7 Å². The highest BCUT2D eigenvalue weighted by molar-refractivity contribution is 7.87. The fraction of sp³-hybridized carbons (Fsp3) is 0.133. The fourth-order valence-corrected chi connectivity index (χ4v) is 2.88. The Balaban J connectivity index is 2.49. The average Bonchev–Trinajstić information content (AvgIpc) is 2.55. The van der Waals surface area contributed by atoms with Crippen LogP contribution in [0.25, 0.3) is 0 Å². The van der Waals surface area contributed by atoms with Crippen LogP contribution in [0.4, 0.5) is 0 Å². The molecule has 0 saturated heterocycles. The minimum absolute atomic E-state index is 0.0592. The second-order valence-corrected chi connectivity index (χ2v) is 6.35. The van der Waals surface area contributed by atoms with Gasteiger partial charge < -0.3 is 13.7 Å². The topological polar surface area (TPSA) is 78.9 Å². The summed E-state index contributed by atoms with van der Waals surface area (Å²) in [7, 11) is -1.47. The van der Waals surface area contributed by atoms with Crippen LogP contribution in [0.3, 0.4) is 0 Å². The Bertz CT molecular complexity index is 789. The van der Waals surface area contributed by atoms with Gasteiger partial charge in [0.1, 0.15) is 11.2 Å². The van der Waals surface area contributed by atoms with E-state index in [0.29, 0.717) is 11.3 Å². The highest BCUT2D eigenvalue weighted by Gasteiger charge is 2.23. The van der Waals surface area contributed by atoms with Crippen molar-refractivity contribution >= 4 is 28.0 Å². The highest BCUT2D eigenvalue weighted by Crippen LogP contribution is 2.40. The first-order valence-electron chi connectivity index (χ1n) is 6.32. The Kier molecular flexibility index (Phi) is 5.12. The first-order valence-corrected chi connectivity index (χ1v) is 8.11. The van der Waals surface area contributed by atoms with Crippen molar-refractivity contribution in [1.29, 1.82) is 0 Å². The number of ether oxygens (including phenoxy) is 2. The zero-order valence-corrected chi connectivity index (χ0v) is 13.8. The number of hydrogen-bond donors (Lipinski definition) is 0. The number of aldehydes is 1. The Morgan fingerprint density at radius 1 is 1.00 bits per heavy atom. The molecule has 23 heavy (non-hydrogen) atoms. The highest BCUT2D eigenvalue weighted by atomic mass is 35.5. The van der Waals surface area contributed by atoms with Gasteiger partial charge in [-0.1, -0.05) is 11.6 Å². The van der Waals surface area contributed by atoms with Gasteiger partial charge in [0.25, 0.3) is 0 Å². The lowest BCUT2D eigenvalue weighted by Crippen LogP contribution is -2.11. The van der Waals surface area contributed by atoms with Crippen LogP contribution >= 0.6 is 11.6 Å². The Hall–Kier alpha value is -2.25. The summed E-state index contributed by atoms with van der Waals surface area (Å²) in [6, 6.07) is 8.20. The van der Waals surface area contributed by atoms with Gasteiger partial charge in [-0.05, 0) is 36.4 Å². The summed E-state index contributed by atoms with van der Waals surface area (Å²) in [5.74, 6) is -0.0245. The maximum Gasteiger partial charge on any atom is 0.339 e. The standard InChI is InChI=1S/C15H13ClO6S/c1-20-13-7-10(9-17)8-14(21-2)15(13)22-23(18,19)12-5-3-11(16)4-6-12/h3-9H,1-2H3. The van der Waals surface area contributed by atoms with Gasteiger partial charge in [-0.3, -0.25) is 4.79 Å². The molecule has 8 heteroatoms. The van der Waals surface area contributed by atoms with E-state index in [0.717, 1.165) is 0 Å². The van der Waals surface area contributed by atoms with Gasteiger partial charge in [0.2, 0.25) is 5.75 Å². The van der Waals surface area contributed by atoms with E-state index in [2.05, 4.69) is 0 Å². The monoisotopic (exact) mass is 356 g/mol. The van der Waals surface area contributed by atoms with Crippen molar-refractivity contribution in [1.82, 2.24) is 0 Å². The quantitative estimate of drug-likeness (QED) is 0.585. The van der Waals surface area contributed by atoms with Crippen molar-refractivity contribution in [2.45, 2.75) is 4.90 Å². The van der Waals surface area contributed by atoms with Crippen LogP contribution in [-0.2, 0) is 10.1 Å². The minimum atomic E-state index is -4.12. The van der Waals surface area contributed by atoms with Crippen molar-refractivity contribution in [3.05, 3.63) is 47.0 Å². The molecule has 0 bridgehead atoms. The van der Waals surface area contributed by atoms with Crippen LogP contribution in [0.2, 0.25) is 5.02 Å². The Labute approximate surface area is 138 Å². The molecule has 0 aliphatic rings. The SMILES string of the molecule is COc1cc(C=O)cc(OC)c1OS(=O)(=O)c1ccc(Cl)cc1. The lowest BCUT2D eigenvalue weighted by molar-refractivity contribution is 0.112. The molecule has 2 aromatic rings. The van der Waals surface area contributed by atoms with Crippen molar-refractivity contribution in [3.63, 3.8) is 0 Å². The maximum atomic E-state index is 12.4. The number of carbonyl (C=O) groups excluding carboxylic acids is 1. The van der Waals surface area contributed by atoms with E-state index in [1.165, 1.54) is 50.6 Å². The van der Waals surface area contributed by atoms with E-state index >= 15 is 0 Å². The van der Waals surface area contributed by atoms with Gasteiger partial charge in [0.15, 0.2) is 11.5 Å². The molecule has 0 aliphatic carbocycles. The summed E-state index contributed by atoms with van der Waals surface area (Å²) in [6.07, 6.45) is 0.586. The van der Waals surface area contributed by atoms with E-state index in [9.17, 15) is 13.2 Å². The van der Waals surface area contributed by atoms with Crippen LogP contribution in [-0.4, -0.2) is 28.9 Å². The molecule has 0 atom stereocenters. The summed E-state index contributed by atoms with van der Waals surface area (Å²) in [5, 5.41) is 0.398. The molecule has 0 amide bonds. The van der Waals surface area contributed by atoms with Crippen LogP contribution in [0.15, 0.2) is 41.3 Å². The third-order valence-corrected chi connectivity index (χ3v) is 4.40. The average molecular weight is 357 g/mol. The molecular weight excluding hydrogens is 344 g/mol. The van der Waals surface area contributed by atoms with Gasteiger partial charge in [0.05, 0.1) is 14.2 Å². The molecule has 0 aliphatic heterocycles. The molecule has 2 aromatic carbocycles.